The molecule has 186 valence electrons. The Morgan fingerprint density at radius 1 is 1.18 bits per heavy atom. The third kappa shape index (κ3) is 3.68. The van der Waals surface area contributed by atoms with Gasteiger partial charge in [0, 0.05) is 39.0 Å². The van der Waals surface area contributed by atoms with E-state index < -0.39 is 10.0 Å². The molecular weight excluding hydrogens is 448 g/mol. The Morgan fingerprint density at radius 2 is 1.91 bits per heavy atom. The SMILES string of the molecule is Cn1c(CCC(=O)NC2CC3CCC2(C)C3(C)C)nc2cc(S(=O)(=O)N3CCCCC3)ccc21. The Bertz CT molecular complexity index is 1210. The minimum Gasteiger partial charge on any atom is -0.353 e. The minimum absolute atomic E-state index is 0.0787. The maximum absolute atomic E-state index is 13.1. The minimum atomic E-state index is -3.50. The fraction of sp³-hybridized carbons (Fsp3) is 0.692. The molecule has 1 aromatic heterocycles. The zero-order chi connectivity index (χ0) is 24.3. The maximum atomic E-state index is 13.1. The van der Waals surface area contributed by atoms with Crippen LogP contribution in [0.2, 0.25) is 0 Å². The lowest BCUT2D eigenvalue weighted by atomic mass is 9.69. The number of aromatic nitrogens is 2. The van der Waals surface area contributed by atoms with Crippen molar-refractivity contribution in [3.8, 4) is 0 Å². The molecule has 1 aliphatic heterocycles. The Balaban J connectivity index is 1.27. The first-order valence-corrected chi connectivity index (χ1v) is 14.2. The number of rotatable bonds is 6. The number of imidazole rings is 1. The largest absolute Gasteiger partial charge is 0.353 e. The standard InChI is InChI=1S/C26H38N4O3S/c1-25(2)18-12-13-26(25,3)22(16-18)28-24(31)11-10-23-27-20-17-19(8-9-21(20)29(23)4)34(32,33)30-14-6-5-7-15-30/h8-9,17-18,22H,5-7,10-16H2,1-4H3,(H,28,31). The molecule has 0 radical (unpaired) electrons. The number of aryl methyl sites for hydroxylation is 2. The van der Waals surface area contributed by atoms with Gasteiger partial charge in [-0.2, -0.15) is 4.31 Å². The summed E-state index contributed by atoms with van der Waals surface area (Å²) in [5.41, 5.74) is 1.99. The van der Waals surface area contributed by atoms with E-state index in [2.05, 4.69) is 26.1 Å². The van der Waals surface area contributed by atoms with Gasteiger partial charge in [-0.1, -0.05) is 27.2 Å². The van der Waals surface area contributed by atoms with Crippen LogP contribution in [0.5, 0.6) is 0 Å². The molecule has 1 saturated heterocycles. The van der Waals surface area contributed by atoms with E-state index in [1.54, 1.807) is 16.4 Å². The van der Waals surface area contributed by atoms with Gasteiger partial charge in [0.15, 0.2) is 0 Å². The monoisotopic (exact) mass is 486 g/mol. The number of amides is 1. The molecule has 2 aliphatic carbocycles. The molecule has 2 bridgehead atoms. The highest BCUT2D eigenvalue weighted by molar-refractivity contribution is 7.89. The first kappa shape index (κ1) is 23.8. The van der Waals surface area contributed by atoms with Crippen LogP contribution in [0, 0.1) is 16.7 Å². The molecule has 2 aromatic rings. The molecule has 1 amide bonds. The first-order chi connectivity index (χ1) is 16.0. The molecule has 5 rings (SSSR count). The van der Waals surface area contributed by atoms with Gasteiger partial charge in [0.2, 0.25) is 15.9 Å². The van der Waals surface area contributed by atoms with Crippen LogP contribution in [-0.4, -0.2) is 47.3 Å². The number of carbonyl (C=O) groups is 1. The summed E-state index contributed by atoms with van der Waals surface area (Å²) >= 11 is 0. The molecule has 3 unspecified atom stereocenters. The van der Waals surface area contributed by atoms with Crippen LogP contribution in [0.4, 0.5) is 0 Å². The normalized spacial score (nSPS) is 29.1. The second kappa shape index (κ2) is 8.33. The molecule has 3 atom stereocenters. The van der Waals surface area contributed by atoms with E-state index in [4.69, 9.17) is 4.98 Å². The molecule has 1 aromatic carbocycles. The molecule has 2 heterocycles. The van der Waals surface area contributed by atoms with E-state index in [0.29, 0.717) is 42.3 Å². The number of carbonyl (C=O) groups excluding carboxylic acids is 1. The molecule has 7 nitrogen and oxygen atoms in total. The van der Waals surface area contributed by atoms with Crippen molar-refractivity contribution in [2.24, 2.45) is 23.8 Å². The molecule has 2 saturated carbocycles. The van der Waals surface area contributed by atoms with Gasteiger partial charge in [-0.15, -0.1) is 0 Å². The number of piperidine rings is 1. The van der Waals surface area contributed by atoms with Gasteiger partial charge in [-0.3, -0.25) is 4.79 Å². The van der Waals surface area contributed by atoms with Crippen LogP contribution < -0.4 is 5.32 Å². The second-order valence-electron chi connectivity index (χ2n) is 11.4. The van der Waals surface area contributed by atoms with Gasteiger partial charge < -0.3 is 9.88 Å². The number of hydrogen-bond acceptors (Lipinski definition) is 4. The van der Waals surface area contributed by atoms with Gasteiger partial charge in [0.25, 0.3) is 0 Å². The van der Waals surface area contributed by atoms with Crippen molar-refractivity contribution in [3.63, 3.8) is 0 Å². The number of fused-ring (bicyclic) bond motifs is 3. The molecule has 0 spiro atoms. The number of nitrogens with zero attached hydrogens (tertiary/aromatic N) is 3. The summed E-state index contributed by atoms with van der Waals surface area (Å²) in [4.78, 5) is 17.9. The second-order valence-corrected chi connectivity index (χ2v) is 13.4. The van der Waals surface area contributed by atoms with Crippen LogP contribution in [-0.2, 0) is 28.3 Å². The average Bonchev–Trinajstić information content (AvgIpc) is 3.32. The predicted octanol–water partition coefficient (Wildman–Crippen LogP) is 4.01. The summed E-state index contributed by atoms with van der Waals surface area (Å²) < 4.78 is 29.7. The van der Waals surface area contributed by atoms with E-state index in [0.717, 1.165) is 37.0 Å². The van der Waals surface area contributed by atoms with Crippen molar-refractivity contribution in [1.82, 2.24) is 19.2 Å². The molecule has 3 fully saturated rings. The van der Waals surface area contributed by atoms with Crippen molar-refractivity contribution in [1.29, 1.82) is 0 Å². The summed E-state index contributed by atoms with van der Waals surface area (Å²) in [6.07, 6.45) is 7.35. The number of hydrogen-bond donors (Lipinski definition) is 1. The maximum Gasteiger partial charge on any atom is 0.243 e. The van der Waals surface area contributed by atoms with Crippen molar-refractivity contribution in [2.45, 2.75) is 83.1 Å². The summed E-state index contributed by atoms with van der Waals surface area (Å²) in [7, 11) is -1.56. The fourth-order valence-electron chi connectivity index (χ4n) is 6.78. The lowest BCUT2D eigenvalue weighted by Gasteiger charge is -2.39. The zero-order valence-electron chi connectivity index (χ0n) is 20.9. The van der Waals surface area contributed by atoms with Gasteiger partial charge >= 0.3 is 0 Å². The third-order valence-electron chi connectivity index (χ3n) is 9.60. The van der Waals surface area contributed by atoms with Crippen molar-refractivity contribution < 1.29 is 13.2 Å². The Kier molecular flexibility index (Phi) is 5.83. The number of nitrogens with one attached hydrogen (secondary N) is 1. The van der Waals surface area contributed by atoms with Gasteiger partial charge in [-0.25, -0.2) is 13.4 Å². The van der Waals surface area contributed by atoms with Crippen molar-refractivity contribution >= 4 is 27.0 Å². The van der Waals surface area contributed by atoms with Crippen LogP contribution >= 0.6 is 0 Å². The average molecular weight is 487 g/mol. The van der Waals surface area contributed by atoms with Crippen LogP contribution in [0.25, 0.3) is 11.0 Å². The van der Waals surface area contributed by atoms with Crippen LogP contribution in [0.3, 0.4) is 0 Å². The van der Waals surface area contributed by atoms with E-state index in [9.17, 15) is 13.2 Å². The lowest BCUT2D eigenvalue weighted by Crippen LogP contribution is -2.46. The van der Waals surface area contributed by atoms with Crippen LogP contribution in [0.15, 0.2) is 23.1 Å². The number of benzene rings is 1. The third-order valence-corrected chi connectivity index (χ3v) is 11.5. The summed E-state index contributed by atoms with van der Waals surface area (Å²) in [5.74, 6) is 1.57. The van der Waals surface area contributed by atoms with E-state index in [1.807, 2.05) is 17.7 Å². The van der Waals surface area contributed by atoms with E-state index in [1.165, 1.54) is 12.8 Å². The molecule has 8 heteroatoms. The topological polar surface area (TPSA) is 84.3 Å². The zero-order valence-corrected chi connectivity index (χ0v) is 21.7. The highest BCUT2D eigenvalue weighted by Gasteiger charge is 2.61. The van der Waals surface area contributed by atoms with E-state index >= 15 is 0 Å². The first-order valence-electron chi connectivity index (χ1n) is 12.8. The molecule has 3 aliphatic rings. The molecule has 34 heavy (non-hydrogen) atoms. The van der Waals surface area contributed by atoms with Crippen molar-refractivity contribution in [2.75, 3.05) is 13.1 Å². The van der Waals surface area contributed by atoms with Crippen molar-refractivity contribution in [3.05, 3.63) is 24.0 Å². The summed E-state index contributed by atoms with van der Waals surface area (Å²) in [6.45, 7) is 8.22. The summed E-state index contributed by atoms with van der Waals surface area (Å²) in [6, 6.07) is 5.45. The summed E-state index contributed by atoms with van der Waals surface area (Å²) in [5, 5.41) is 3.33. The predicted molar refractivity (Wildman–Crippen MR) is 133 cm³/mol. The number of sulfonamides is 1. The highest BCUT2D eigenvalue weighted by Crippen LogP contribution is 2.65. The quantitative estimate of drug-likeness (QED) is 0.669. The van der Waals surface area contributed by atoms with Gasteiger partial charge in [0.05, 0.1) is 15.9 Å². The fourth-order valence-corrected chi connectivity index (χ4v) is 8.32. The van der Waals surface area contributed by atoms with Gasteiger partial charge in [0.1, 0.15) is 5.82 Å². The Labute approximate surface area is 203 Å². The molecular formula is C26H38N4O3S. The van der Waals surface area contributed by atoms with Gasteiger partial charge in [-0.05, 0) is 67.1 Å². The Morgan fingerprint density at radius 3 is 2.56 bits per heavy atom. The smallest absolute Gasteiger partial charge is 0.243 e. The van der Waals surface area contributed by atoms with E-state index in [-0.39, 0.29) is 22.8 Å². The highest BCUT2D eigenvalue weighted by atomic mass is 32.2. The molecule has 1 N–H and O–H groups in total. The van der Waals surface area contributed by atoms with Crippen LogP contribution in [0.1, 0.15) is 71.5 Å². The lowest BCUT2D eigenvalue weighted by molar-refractivity contribution is -0.122. The Hall–Kier alpha value is -1.93.